The lowest BCUT2D eigenvalue weighted by atomic mass is 10.1. The van der Waals surface area contributed by atoms with Crippen LogP contribution in [0.5, 0.6) is 0 Å². The van der Waals surface area contributed by atoms with Gasteiger partial charge in [-0.1, -0.05) is 41.4 Å². The van der Waals surface area contributed by atoms with E-state index in [1.165, 1.54) is 0 Å². The fourth-order valence-corrected chi connectivity index (χ4v) is 3.20. The number of halogens is 3. The Kier molecular flexibility index (Phi) is 5.34. The van der Waals surface area contributed by atoms with Gasteiger partial charge in [0.1, 0.15) is 12.2 Å². The van der Waals surface area contributed by atoms with Crippen molar-refractivity contribution in [2.24, 2.45) is 0 Å². The topological polar surface area (TPSA) is 72.5 Å². The molecule has 25 heavy (non-hydrogen) atoms. The Morgan fingerprint density at radius 3 is 2.40 bits per heavy atom. The maximum Gasteiger partial charge on any atom is 0.333 e. The Bertz CT molecular complexity index is 562. The second-order valence-corrected chi connectivity index (χ2v) is 8.97. The zero-order valence-corrected chi connectivity index (χ0v) is 16.1. The van der Waals surface area contributed by atoms with Gasteiger partial charge in [0.15, 0.2) is 24.3 Å². The van der Waals surface area contributed by atoms with Crippen molar-refractivity contribution >= 4 is 40.8 Å². The molecular weight excluding hydrogens is 399 g/mol. The van der Waals surface area contributed by atoms with E-state index in [2.05, 4.69) is 6.58 Å². The van der Waals surface area contributed by atoms with Crippen molar-refractivity contribution in [3.05, 3.63) is 12.2 Å². The molecule has 3 aliphatic rings. The van der Waals surface area contributed by atoms with Crippen molar-refractivity contribution in [2.45, 2.75) is 67.3 Å². The second kappa shape index (κ2) is 6.80. The monoisotopic (exact) mass is 416 g/mol. The molecule has 0 amide bonds. The first-order valence-electron chi connectivity index (χ1n) is 7.69. The van der Waals surface area contributed by atoms with Crippen molar-refractivity contribution in [2.75, 3.05) is 6.61 Å². The van der Waals surface area contributed by atoms with Gasteiger partial charge < -0.3 is 28.4 Å². The van der Waals surface area contributed by atoms with Gasteiger partial charge in [0.2, 0.25) is 10.1 Å². The minimum atomic E-state index is -1.80. The molecule has 3 saturated heterocycles. The van der Waals surface area contributed by atoms with Gasteiger partial charge in [-0.15, -0.1) is 0 Å². The lowest BCUT2D eigenvalue weighted by Gasteiger charge is -2.28. The van der Waals surface area contributed by atoms with Gasteiger partial charge in [-0.3, -0.25) is 0 Å². The zero-order chi connectivity index (χ0) is 18.6. The summed E-state index contributed by atoms with van der Waals surface area (Å²) in [5.41, 5.74) is 0.239. The second-order valence-electron chi connectivity index (χ2n) is 6.60. The van der Waals surface area contributed by atoms with Crippen molar-refractivity contribution in [1.82, 2.24) is 0 Å². The zero-order valence-electron chi connectivity index (χ0n) is 13.9. The highest BCUT2D eigenvalue weighted by Crippen LogP contribution is 2.44. The van der Waals surface area contributed by atoms with Crippen LogP contribution in [0.2, 0.25) is 0 Å². The summed E-state index contributed by atoms with van der Waals surface area (Å²) in [7, 11) is 0. The van der Waals surface area contributed by atoms with Crippen LogP contribution in [0.4, 0.5) is 0 Å². The number of carbonyl (C=O) groups is 1. The largest absolute Gasteiger partial charge is 0.453 e. The fourth-order valence-electron chi connectivity index (χ4n) is 2.89. The van der Waals surface area contributed by atoms with Crippen LogP contribution in [0.25, 0.3) is 0 Å². The van der Waals surface area contributed by atoms with Crippen molar-refractivity contribution < 1.29 is 33.2 Å². The quantitative estimate of drug-likeness (QED) is 0.397. The van der Waals surface area contributed by atoms with Crippen LogP contribution >= 0.6 is 34.8 Å². The molecule has 0 bridgehead atoms. The maximum atomic E-state index is 12.0. The molecule has 0 spiro atoms. The van der Waals surface area contributed by atoms with Crippen LogP contribution in [0, 0.1) is 0 Å². The van der Waals surface area contributed by atoms with E-state index in [-0.39, 0.29) is 12.2 Å². The molecule has 0 radical (unpaired) electrons. The minimum absolute atomic E-state index is 0.239. The summed E-state index contributed by atoms with van der Waals surface area (Å²) in [5, 5.41) is 0. The van der Waals surface area contributed by atoms with Crippen LogP contribution in [0.15, 0.2) is 12.2 Å². The van der Waals surface area contributed by atoms with Crippen LogP contribution in [-0.2, 0) is 33.2 Å². The number of fused-ring (bicyclic) bond motifs is 1. The molecule has 0 unspecified atom stereocenters. The number of carbonyl (C=O) groups excluding carboxylic acids is 1. The predicted octanol–water partition coefficient (Wildman–Crippen LogP) is 2.46. The summed E-state index contributed by atoms with van der Waals surface area (Å²) in [6.45, 7) is 8.95. The first-order valence-corrected chi connectivity index (χ1v) is 8.83. The molecular formula is C15H19Cl3O7. The lowest BCUT2D eigenvalue weighted by molar-refractivity contribution is -0.206. The highest BCUT2D eigenvalue weighted by molar-refractivity contribution is 6.67. The maximum absolute atomic E-state index is 12.0. The van der Waals surface area contributed by atoms with Gasteiger partial charge in [-0.05, 0) is 20.8 Å². The third-order valence-corrected chi connectivity index (χ3v) is 4.54. The first-order chi connectivity index (χ1) is 11.5. The summed E-state index contributed by atoms with van der Waals surface area (Å²) in [5.74, 6) is -1.35. The van der Waals surface area contributed by atoms with Gasteiger partial charge in [-0.2, -0.15) is 0 Å². The molecule has 0 aromatic rings. The van der Waals surface area contributed by atoms with Gasteiger partial charge in [0, 0.05) is 5.57 Å². The highest BCUT2D eigenvalue weighted by atomic mass is 35.6. The molecule has 0 saturated carbocycles. The van der Waals surface area contributed by atoms with Crippen LogP contribution in [0.3, 0.4) is 0 Å². The van der Waals surface area contributed by atoms with Crippen LogP contribution in [-0.4, -0.2) is 59.2 Å². The van der Waals surface area contributed by atoms with E-state index in [9.17, 15) is 4.79 Å². The molecule has 6 atom stereocenters. The molecule has 142 valence electrons. The van der Waals surface area contributed by atoms with E-state index in [0.29, 0.717) is 0 Å². The van der Waals surface area contributed by atoms with Gasteiger partial charge in [0.25, 0.3) is 0 Å². The van der Waals surface area contributed by atoms with Crippen LogP contribution < -0.4 is 0 Å². The van der Waals surface area contributed by atoms with E-state index in [1.54, 1.807) is 20.8 Å². The Labute approximate surface area is 160 Å². The lowest BCUT2D eigenvalue weighted by Crippen LogP contribution is -2.45. The molecule has 7 nitrogen and oxygen atoms in total. The Balaban J connectivity index is 1.78. The van der Waals surface area contributed by atoms with Crippen LogP contribution in [0.1, 0.15) is 20.8 Å². The van der Waals surface area contributed by atoms with Crippen molar-refractivity contribution in [3.8, 4) is 0 Å². The Morgan fingerprint density at radius 1 is 1.20 bits per heavy atom. The summed E-state index contributed by atoms with van der Waals surface area (Å²) in [4.78, 5) is 12.0. The number of alkyl halides is 3. The molecule has 10 heteroatoms. The van der Waals surface area contributed by atoms with E-state index in [4.69, 9.17) is 63.2 Å². The third-order valence-electron chi connectivity index (χ3n) is 4.00. The molecule has 0 aliphatic carbocycles. The number of hydrogen-bond acceptors (Lipinski definition) is 7. The van der Waals surface area contributed by atoms with E-state index >= 15 is 0 Å². The average Bonchev–Trinajstić information content (AvgIpc) is 3.11. The van der Waals surface area contributed by atoms with E-state index < -0.39 is 52.5 Å². The summed E-state index contributed by atoms with van der Waals surface area (Å²) in [6, 6.07) is 0. The molecule has 0 aromatic heterocycles. The molecule has 3 rings (SSSR count). The summed E-state index contributed by atoms with van der Waals surface area (Å²) >= 11 is 17.4. The fraction of sp³-hybridized carbons (Fsp3) is 0.800. The summed E-state index contributed by atoms with van der Waals surface area (Å²) in [6.07, 6.45) is -4.72. The van der Waals surface area contributed by atoms with Gasteiger partial charge in [0.05, 0.1) is 6.61 Å². The smallest absolute Gasteiger partial charge is 0.333 e. The Morgan fingerprint density at radius 2 is 1.88 bits per heavy atom. The van der Waals surface area contributed by atoms with Gasteiger partial charge in [-0.25, -0.2) is 4.79 Å². The molecule has 3 heterocycles. The number of rotatable bonds is 3. The predicted molar refractivity (Wildman–Crippen MR) is 88.3 cm³/mol. The van der Waals surface area contributed by atoms with Crippen molar-refractivity contribution in [1.29, 1.82) is 0 Å². The highest BCUT2D eigenvalue weighted by Gasteiger charge is 2.60. The first kappa shape index (κ1) is 19.6. The van der Waals surface area contributed by atoms with Gasteiger partial charge >= 0.3 is 5.97 Å². The molecule has 0 N–H and O–H groups in total. The third kappa shape index (κ3) is 4.09. The number of hydrogen-bond donors (Lipinski definition) is 0. The SMILES string of the molecule is C=C(C)C(=O)O[C@H]1[C@H]([C@H]2COC(C)(C)O2)O[C@@H]2O[C@@H](C(Cl)(Cl)Cl)O[C@@H]21. The van der Waals surface area contributed by atoms with E-state index in [1.807, 2.05) is 0 Å². The average molecular weight is 418 g/mol. The van der Waals surface area contributed by atoms with E-state index in [0.717, 1.165) is 0 Å². The molecule has 3 fully saturated rings. The summed E-state index contributed by atoms with van der Waals surface area (Å²) < 4.78 is 32.1. The molecule has 3 aliphatic heterocycles. The normalized spacial score (nSPS) is 40.1. The minimum Gasteiger partial charge on any atom is -0.453 e. The number of esters is 1. The molecule has 0 aromatic carbocycles. The number of ether oxygens (including phenoxy) is 6. The standard InChI is InChI=1S/C15H19Cl3O7/c1-6(2)11(19)21-9-8(7-5-20-14(3,4)25-7)22-12-10(9)23-13(24-12)15(16,17)18/h7-10,12-13H,1,5H2,2-4H3/t7-,8+,9+,10-,12-,13+/m1/s1. The Hall–Kier alpha value is -0.120. The van der Waals surface area contributed by atoms with Crippen molar-refractivity contribution in [3.63, 3.8) is 0 Å².